The van der Waals surface area contributed by atoms with Gasteiger partial charge in [-0.25, -0.2) is 0 Å². The number of hydrogen-bond donors (Lipinski definition) is 3. The Bertz CT molecular complexity index is 524. The van der Waals surface area contributed by atoms with Gasteiger partial charge in [0.2, 0.25) is 5.91 Å². The number of nitrogens with one attached hydrogen (secondary N) is 3. The summed E-state index contributed by atoms with van der Waals surface area (Å²) in [5.74, 6) is 1.76. The summed E-state index contributed by atoms with van der Waals surface area (Å²) in [4.78, 5) is 16.0. The van der Waals surface area contributed by atoms with Crippen molar-refractivity contribution in [1.29, 1.82) is 0 Å². The van der Waals surface area contributed by atoms with Crippen molar-refractivity contribution in [3.05, 3.63) is 29.8 Å². The lowest BCUT2D eigenvalue weighted by Crippen LogP contribution is -2.38. The number of nitrogens with zero attached hydrogens (tertiary/aromatic N) is 1. The number of guanidine groups is 1. The van der Waals surface area contributed by atoms with Gasteiger partial charge >= 0.3 is 0 Å². The molecular formula is C18H30N4O. The summed E-state index contributed by atoms with van der Waals surface area (Å²) in [7, 11) is 1.76. The van der Waals surface area contributed by atoms with Crippen LogP contribution in [0.25, 0.3) is 0 Å². The van der Waals surface area contributed by atoms with E-state index in [4.69, 9.17) is 0 Å². The zero-order chi connectivity index (χ0) is 17.2. The number of hydrogen-bond acceptors (Lipinski definition) is 2. The van der Waals surface area contributed by atoms with E-state index < -0.39 is 0 Å². The zero-order valence-corrected chi connectivity index (χ0v) is 14.9. The molecule has 1 aromatic rings. The molecule has 1 rings (SSSR count). The lowest BCUT2D eigenvalue weighted by atomic mass is 10.1. The molecule has 0 aliphatic heterocycles. The van der Waals surface area contributed by atoms with Crippen LogP contribution in [0.1, 0.15) is 39.7 Å². The van der Waals surface area contributed by atoms with E-state index in [1.165, 1.54) is 0 Å². The average Bonchev–Trinajstić information content (AvgIpc) is 2.46. The smallest absolute Gasteiger partial charge is 0.224 e. The summed E-state index contributed by atoms with van der Waals surface area (Å²) in [6, 6.07) is 7.88. The second-order valence-corrected chi connectivity index (χ2v) is 6.55. The Hall–Kier alpha value is -2.04. The number of carbonyl (C=O) groups is 1. The molecular weight excluding hydrogens is 288 g/mol. The largest absolute Gasteiger partial charge is 0.356 e. The fourth-order valence-electron chi connectivity index (χ4n) is 2.05. The van der Waals surface area contributed by atoms with Crippen LogP contribution in [0.4, 0.5) is 5.69 Å². The maximum Gasteiger partial charge on any atom is 0.224 e. The molecule has 0 aliphatic carbocycles. The van der Waals surface area contributed by atoms with Gasteiger partial charge in [-0.15, -0.1) is 0 Å². The van der Waals surface area contributed by atoms with Crippen LogP contribution in [-0.4, -0.2) is 25.5 Å². The van der Waals surface area contributed by atoms with E-state index in [-0.39, 0.29) is 5.91 Å². The lowest BCUT2D eigenvalue weighted by molar-refractivity contribution is -0.116. The van der Waals surface area contributed by atoms with Gasteiger partial charge in [-0.05, 0) is 29.5 Å². The van der Waals surface area contributed by atoms with Gasteiger partial charge in [0.1, 0.15) is 0 Å². The Labute approximate surface area is 140 Å². The molecule has 0 heterocycles. The SMILES string of the molecule is CN=C(NCc1cccc(NC(=O)CC(C)C)c1)NCC(C)C. The molecule has 0 aromatic heterocycles. The average molecular weight is 318 g/mol. The van der Waals surface area contributed by atoms with Crippen molar-refractivity contribution < 1.29 is 4.79 Å². The minimum absolute atomic E-state index is 0.0551. The first kappa shape index (κ1) is 19.0. The number of aliphatic imine (C=N–C) groups is 1. The molecule has 0 aliphatic rings. The van der Waals surface area contributed by atoms with Crippen LogP contribution in [0.5, 0.6) is 0 Å². The Balaban J connectivity index is 2.54. The quantitative estimate of drug-likeness (QED) is 0.535. The normalized spacial score (nSPS) is 11.7. The molecule has 0 atom stereocenters. The van der Waals surface area contributed by atoms with Crippen LogP contribution in [0, 0.1) is 11.8 Å². The molecule has 1 aromatic carbocycles. The number of benzene rings is 1. The molecule has 0 fully saturated rings. The summed E-state index contributed by atoms with van der Waals surface area (Å²) in [6.07, 6.45) is 0.536. The van der Waals surface area contributed by atoms with Gasteiger partial charge in [0.15, 0.2) is 5.96 Å². The van der Waals surface area contributed by atoms with Crippen molar-refractivity contribution in [2.75, 3.05) is 18.9 Å². The summed E-state index contributed by atoms with van der Waals surface area (Å²) >= 11 is 0. The van der Waals surface area contributed by atoms with Crippen LogP contribution < -0.4 is 16.0 Å². The van der Waals surface area contributed by atoms with Crippen molar-refractivity contribution in [2.45, 2.75) is 40.7 Å². The van der Waals surface area contributed by atoms with E-state index in [1.807, 2.05) is 38.1 Å². The maximum absolute atomic E-state index is 11.8. The van der Waals surface area contributed by atoms with Gasteiger partial charge in [-0.1, -0.05) is 39.8 Å². The topological polar surface area (TPSA) is 65.5 Å². The summed E-state index contributed by atoms with van der Waals surface area (Å²) in [6.45, 7) is 9.93. The molecule has 0 radical (unpaired) electrons. The standard InChI is InChI=1S/C18H30N4O/c1-13(2)9-17(23)22-16-8-6-7-15(10-16)12-21-18(19-5)20-11-14(3)4/h6-8,10,13-14H,9,11-12H2,1-5H3,(H,22,23)(H2,19,20,21). The second kappa shape index (κ2) is 9.87. The van der Waals surface area contributed by atoms with E-state index in [9.17, 15) is 4.79 Å². The first-order chi connectivity index (χ1) is 10.9. The van der Waals surface area contributed by atoms with Crippen molar-refractivity contribution in [3.63, 3.8) is 0 Å². The summed E-state index contributed by atoms with van der Waals surface area (Å²) in [5, 5.41) is 9.50. The third kappa shape index (κ3) is 8.24. The van der Waals surface area contributed by atoms with Crippen LogP contribution >= 0.6 is 0 Å². The Morgan fingerprint density at radius 1 is 1.13 bits per heavy atom. The molecule has 5 heteroatoms. The highest BCUT2D eigenvalue weighted by atomic mass is 16.1. The van der Waals surface area contributed by atoms with E-state index in [1.54, 1.807) is 7.05 Å². The first-order valence-electron chi connectivity index (χ1n) is 8.24. The van der Waals surface area contributed by atoms with Crippen LogP contribution in [0.3, 0.4) is 0 Å². The highest BCUT2D eigenvalue weighted by molar-refractivity contribution is 5.90. The number of rotatable bonds is 7. The third-order valence-electron chi connectivity index (χ3n) is 3.17. The first-order valence-corrected chi connectivity index (χ1v) is 8.24. The Morgan fingerprint density at radius 2 is 1.87 bits per heavy atom. The maximum atomic E-state index is 11.8. The number of amides is 1. The second-order valence-electron chi connectivity index (χ2n) is 6.55. The monoisotopic (exact) mass is 318 g/mol. The van der Waals surface area contributed by atoms with Gasteiger partial charge < -0.3 is 16.0 Å². The molecule has 5 nitrogen and oxygen atoms in total. The minimum atomic E-state index is 0.0551. The highest BCUT2D eigenvalue weighted by Gasteiger charge is 2.06. The van der Waals surface area contributed by atoms with Crippen molar-refractivity contribution in [3.8, 4) is 0 Å². The third-order valence-corrected chi connectivity index (χ3v) is 3.17. The fourth-order valence-corrected chi connectivity index (χ4v) is 2.05. The highest BCUT2D eigenvalue weighted by Crippen LogP contribution is 2.12. The van der Waals surface area contributed by atoms with Gasteiger partial charge in [0, 0.05) is 32.2 Å². The molecule has 23 heavy (non-hydrogen) atoms. The predicted molar refractivity (Wildman–Crippen MR) is 97.6 cm³/mol. The van der Waals surface area contributed by atoms with Gasteiger partial charge in [-0.3, -0.25) is 9.79 Å². The molecule has 0 saturated heterocycles. The van der Waals surface area contributed by atoms with Crippen molar-refractivity contribution in [1.82, 2.24) is 10.6 Å². The van der Waals surface area contributed by atoms with Crippen molar-refractivity contribution >= 4 is 17.6 Å². The molecule has 0 unspecified atom stereocenters. The molecule has 0 bridgehead atoms. The molecule has 1 amide bonds. The lowest BCUT2D eigenvalue weighted by Gasteiger charge is -2.14. The van der Waals surface area contributed by atoms with Crippen LogP contribution in [0.15, 0.2) is 29.3 Å². The molecule has 0 saturated carbocycles. The van der Waals surface area contributed by atoms with Gasteiger partial charge in [0.05, 0.1) is 0 Å². The van der Waals surface area contributed by atoms with Gasteiger partial charge in [-0.2, -0.15) is 0 Å². The minimum Gasteiger partial charge on any atom is -0.356 e. The Morgan fingerprint density at radius 3 is 2.48 bits per heavy atom. The zero-order valence-electron chi connectivity index (χ0n) is 14.9. The van der Waals surface area contributed by atoms with E-state index in [0.717, 1.165) is 23.8 Å². The van der Waals surface area contributed by atoms with Crippen LogP contribution in [-0.2, 0) is 11.3 Å². The number of anilines is 1. The molecule has 128 valence electrons. The van der Waals surface area contributed by atoms with E-state index >= 15 is 0 Å². The Kier molecular flexibility index (Phi) is 8.16. The molecule has 0 spiro atoms. The predicted octanol–water partition coefficient (Wildman–Crippen LogP) is 2.99. The van der Waals surface area contributed by atoms with E-state index in [2.05, 4.69) is 34.8 Å². The van der Waals surface area contributed by atoms with Gasteiger partial charge in [0.25, 0.3) is 0 Å². The van der Waals surface area contributed by atoms with Crippen molar-refractivity contribution in [2.24, 2.45) is 16.8 Å². The summed E-state index contributed by atoms with van der Waals surface area (Å²) in [5.41, 5.74) is 1.93. The summed E-state index contributed by atoms with van der Waals surface area (Å²) < 4.78 is 0. The molecule has 3 N–H and O–H groups in total. The van der Waals surface area contributed by atoms with Crippen LogP contribution in [0.2, 0.25) is 0 Å². The fraction of sp³-hybridized carbons (Fsp3) is 0.556. The van der Waals surface area contributed by atoms with E-state index in [0.29, 0.717) is 24.8 Å². The number of carbonyl (C=O) groups excluding carboxylic acids is 1.